The van der Waals surface area contributed by atoms with Gasteiger partial charge in [-0.3, -0.25) is 19.3 Å². The zero-order valence-corrected chi connectivity index (χ0v) is 27.5. The maximum absolute atomic E-state index is 12.5. The van der Waals surface area contributed by atoms with Crippen molar-refractivity contribution in [3.8, 4) is 23.7 Å². The van der Waals surface area contributed by atoms with Crippen LogP contribution >= 0.6 is 21.6 Å². The van der Waals surface area contributed by atoms with E-state index in [9.17, 15) is 19.2 Å². The Labute approximate surface area is 282 Å². The van der Waals surface area contributed by atoms with Gasteiger partial charge in [0, 0.05) is 84.1 Å². The number of methoxy groups -OCH3 is 1. The van der Waals surface area contributed by atoms with Gasteiger partial charge in [0.2, 0.25) is 5.91 Å². The van der Waals surface area contributed by atoms with Crippen LogP contribution in [0.1, 0.15) is 34.2 Å². The Balaban J connectivity index is 1.13. The summed E-state index contributed by atoms with van der Waals surface area (Å²) in [4.78, 5) is 51.6. The molecule has 0 saturated carbocycles. The van der Waals surface area contributed by atoms with Crippen molar-refractivity contribution in [2.45, 2.75) is 18.9 Å². The first-order chi connectivity index (χ1) is 22.9. The third kappa shape index (κ3) is 9.79. The SMILES string of the molecule is COC(=O)C(Cc1ccc(C#Cc2ccc(C#Cc3ccc(N4CCSSCC4)cc3)cc2)cc1)NC(=O)CCN1C(=O)C=CC1=O. The maximum Gasteiger partial charge on any atom is 0.328 e. The quantitative estimate of drug-likeness (QED) is 0.166. The minimum atomic E-state index is -0.920. The second-order valence-electron chi connectivity index (χ2n) is 10.7. The lowest BCUT2D eigenvalue weighted by atomic mass is 10.0. The van der Waals surface area contributed by atoms with E-state index in [1.807, 2.05) is 70.1 Å². The molecule has 1 unspecified atom stereocenters. The number of nitrogens with zero attached hydrogens (tertiary/aromatic N) is 2. The first kappa shape index (κ1) is 33.5. The third-order valence-electron chi connectivity index (χ3n) is 7.47. The van der Waals surface area contributed by atoms with Gasteiger partial charge in [-0.1, -0.05) is 57.4 Å². The second kappa shape index (κ2) is 16.6. The standard InChI is InChI=1S/C37H33N3O5S2/c1-45-37(44)33(38-34(41)20-21-40-35(42)18-19-36(40)43)26-31-12-10-29(11-13-31)7-6-27-2-4-28(5-3-27)8-9-30-14-16-32(17-15-30)39-22-24-46-47-25-23-39/h2-5,10-19,33H,20-26H2,1H3,(H,38,41). The van der Waals surface area contributed by atoms with Crippen LogP contribution in [0.3, 0.4) is 0 Å². The van der Waals surface area contributed by atoms with Gasteiger partial charge in [-0.2, -0.15) is 0 Å². The normalized spacial score (nSPS) is 14.7. The number of rotatable bonds is 8. The highest BCUT2D eigenvalue weighted by atomic mass is 33.1. The summed E-state index contributed by atoms with van der Waals surface area (Å²) in [6, 6.07) is 22.7. The van der Waals surface area contributed by atoms with Crippen LogP contribution < -0.4 is 10.2 Å². The molecule has 0 spiro atoms. The van der Waals surface area contributed by atoms with E-state index >= 15 is 0 Å². The fourth-order valence-electron chi connectivity index (χ4n) is 4.89. The highest BCUT2D eigenvalue weighted by molar-refractivity contribution is 8.76. The number of esters is 1. The van der Waals surface area contributed by atoms with Crippen LogP contribution in [-0.2, 0) is 30.3 Å². The van der Waals surface area contributed by atoms with E-state index in [1.54, 1.807) is 0 Å². The highest BCUT2D eigenvalue weighted by Gasteiger charge is 2.26. The zero-order valence-electron chi connectivity index (χ0n) is 25.9. The minimum absolute atomic E-state index is 0.0691. The molecule has 2 heterocycles. The molecule has 3 aromatic rings. The molecule has 3 aromatic carbocycles. The first-order valence-corrected chi connectivity index (χ1v) is 17.6. The average Bonchev–Trinajstić information content (AvgIpc) is 3.25. The van der Waals surface area contributed by atoms with Gasteiger partial charge in [0.25, 0.3) is 11.8 Å². The summed E-state index contributed by atoms with van der Waals surface area (Å²) in [6.45, 7) is 2.07. The van der Waals surface area contributed by atoms with Gasteiger partial charge >= 0.3 is 5.97 Å². The van der Waals surface area contributed by atoms with E-state index in [0.29, 0.717) is 0 Å². The van der Waals surface area contributed by atoms with Crippen LogP contribution in [0.4, 0.5) is 5.69 Å². The van der Waals surface area contributed by atoms with Gasteiger partial charge in [0.1, 0.15) is 6.04 Å². The number of amides is 3. The fourth-order valence-corrected chi connectivity index (χ4v) is 6.87. The van der Waals surface area contributed by atoms with Gasteiger partial charge < -0.3 is 15.0 Å². The van der Waals surface area contributed by atoms with Gasteiger partial charge in [0.05, 0.1) is 7.11 Å². The van der Waals surface area contributed by atoms with Crippen molar-refractivity contribution in [3.63, 3.8) is 0 Å². The van der Waals surface area contributed by atoms with Crippen molar-refractivity contribution in [2.75, 3.05) is 43.1 Å². The summed E-state index contributed by atoms with van der Waals surface area (Å²) in [7, 11) is 5.13. The van der Waals surface area contributed by atoms with E-state index in [1.165, 1.54) is 12.8 Å². The van der Waals surface area contributed by atoms with Crippen LogP contribution in [0.25, 0.3) is 0 Å². The Morgan fingerprint density at radius 3 is 1.72 bits per heavy atom. The predicted octanol–water partition coefficient (Wildman–Crippen LogP) is 4.20. The number of carbonyl (C=O) groups excluding carboxylic acids is 4. The summed E-state index contributed by atoms with van der Waals surface area (Å²) < 4.78 is 4.87. The minimum Gasteiger partial charge on any atom is -0.467 e. The van der Waals surface area contributed by atoms with E-state index in [2.05, 4.69) is 58.2 Å². The molecule has 2 aliphatic rings. The molecule has 8 nitrogen and oxygen atoms in total. The molecule has 1 atom stereocenters. The van der Waals surface area contributed by atoms with Crippen molar-refractivity contribution >= 4 is 51.0 Å². The van der Waals surface area contributed by atoms with E-state index < -0.39 is 29.7 Å². The largest absolute Gasteiger partial charge is 0.467 e. The Hall–Kier alpha value is -4.90. The lowest BCUT2D eigenvalue weighted by Gasteiger charge is -2.21. The number of hydrogen-bond donors (Lipinski definition) is 1. The summed E-state index contributed by atoms with van der Waals surface area (Å²) in [6.07, 6.45) is 2.40. The maximum atomic E-state index is 12.5. The highest BCUT2D eigenvalue weighted by Crippen LogP contribution is 2.26. The number of carbonyl (C=O) groups is 4. The Bertz CT molecular complexity index is 1740. The smallest absolute Gasteiger partial charge is 0.328 e. The number of anilines is 1. The van der Waals surface area contributed by atoms with E-state index in [4.69, 9.17) is 4.74 Å². The Morgan fingerprint density at radius 2 is 1.23 bits per heavy atom. The third-order valence-corrected chi connectivity index (χ3v) is 9.83. The molecule has 2 aliphatic heterocycles. The van der Waals surface area contributed by atoms with Crippen molar-refractivity contribution in [3.05, 3.63) is 113 Å². The van der Waals surface area contributed by atoms with Crippen molar-refractivity contribution in [2.24, 2.45) is 0 Å². The molecule has 0 radical (unpaired) electrons. The van der Waals surface area contributed by atoms with Crippen LogP contribution in [-0.4, -0.2) is 72.9 Å². The molecular formula is C37H33N3O5S2. The number of benzene rings is 3. The van der Waals surface area contributed by atoms with Crippen LogP contribution in [0.15, 0.2) is 84.9 Å². The molecule has 0 aliphatic carbocycles. The molecule has 0 bridgehead atoms. The van der Waals surface area contributed by atoms with Crippen LogP contribution in [0.2, 0.25) is 0 Å². The molecule has 1 fully saturated rings. The van der Waals surface area contributed by atoms with Crippen LogP contribution in [0.5, 0.6) is 0 Å². The lowest BCUT2D eigenvalue weighted by Crippen LogP contribution is -2.44. The molecule has 47 heavy (non-hydrogen) atoms. The average molecular weight is 664 g/mol. The number of nitrogens with one attached hydrogen (secondary N) is 1. The molecular weight excluding hydrogens is 631 g/mol. The molecule has 1 N–H and O–H groups in total. The molecule has 238 valence electrons. The van der Waals surface area contributed by atoms with E-state index in [-0.39, 0.29) is 19.4 Å². The fraction of sp³-hybridized carbons (Fsp3) is 0.243. The predicted molar refractivity (Wildman–Crippen MR) is 187 cm³/mol. The summed E-state index contributed by atoms with van der Waals surface area (Å²) >= 11 is 0. The molecule has 5 rings (SSSR count). The van der Waals surface area contributed by atoms with Gasteiger partial charge in [-0.15, -0.1) is 0 Å². The number of ether oxygens (including phenoxy) is 1. The second-order valence-corrected chi connectivity index (χ2v) is 13.4. The lowest BCUT2D eigenvalue weighted by molar-refractivity contribution is -0.145. The van der Waals surface area contributed by atoms with Crippen molar-refractivity contribution in [1.82, 2.24) is 10.2 Å². The van der Waals surface area contributed by atoms with E-state index in [0.717, 1.165) is 69.5 Å². The summed E-state index contributed by atoms with van der Waals surface area (Å²) in [5.41, 5.74) is 5.59. The van der Waals surface area contributed by atoms with Gasteiger partial charge in [-0.25, -0.2) is 4.79 Å². The molecule has 3 amide bonds. The topological polar surface area (TPSA) is 96.0 Å². The molecule has 0 aromatic heterocycles. The zero-order chi connectivity index (χ0) is 33.0. The van der Waals surface area contributed by atoms with Crippen LogP contribution in [0, 0.1) is 23.7 Å². The molecule has 10 heteroatoms. The number of hydrogen-bond acceptors (Lipinski definition) is 8. The number of imide groups is 1. The Morgan fingerprint density at radius 1 is 0.766 bits per heavy atom. The van der Waals surface area contributed by atoms with Crippen molar-refractivity contribution < 1.29 is 23.9 Å². The monoisotopic (exact) mass is 663 g/mol. The Kier molecular flexibility index (Phi) is 11.8. The molecule has 1 saturated heterocycles. The first-order valence-electron chi connectivity index (χ1n) is 15.1. The van der Waals surface area contributed by atoms with Gasteiger partial charge in [0.15, 0.2) is 0 Å². The van der Waals surface area contributed by atoms with Gasteiger partial charge in [-0.05, 0) is 66.2 Å². The summed E-state index contributed by atoms with van der Waals surface area (Å²) in [5.74, 6) is 13.1. The van der Waals surface area contributed by atoms with Crippen molar-refractivity contribution in [1.29, 1.82) is 0 Å². The summed E-state index contributed by atoms with van der Waals surface area (Å²) in [5, 5.41) is 2.65.